The van der Waals surface area contributed by atoms with Crippen LogP contribution in [0.25, 0.3) is 10.9 Å². The molecule has 0 atom stereocenters. The Bertz CT molecular complexity index is 1100. The number of hydrogen-bond donors (Lipinski definition) is 2. The summed E-state index contributed by atoms with van der Waals surface area (Å²) in [4.78, 5) is 24.1. The average molecular weight is 383 g/mol. The van der Waals surface area contributed by atoms with Crippen LogP contribution in [-0.2, 0) is 19.4 Å². The van der Waals surface area contributed by atoms with Gasteiger partial charge in [0.1, 0.15) is 5.56 Å². The van der Waals surface area contributed by atoms with E-state index in [1.54, 1.807) is 16.7 Å². The standard InChI is InChI=1S/C21H19ClN2O3/c1-2-24-11-16(21(26)27)20(25)15-9-18(17(22)10-19(15)24)23-14-7-12-5-3-4-6-13(12)8-14/h3-6,9-11,14,23H,2,7-8H2,1H3,(H,26,27). The van der Waals surface area contributed by atoms with Crippen molar-refractivity contribution >= 4 is 34.2 Å². The van der Waals surface area contributed by atoms with E-state index in [4.69, 9.17) is 11.6 Å². The van der Waals surface area contributed by atoms with Gasteiger partial charge in [0.05, 0.1) is 16.2 Å². The van der Waals surface area contributed by atoms with Crippen LogP contribution in [0.5, 0.6) is 0 Å². The molecule has 5 nitrogen and oxygen atoms in total. The summed E-state index contributed by atoms with van der Waals surface area (Å²) >= 11 is 6.48. The van der Waals surface area contributed by atoms with Gasteiger partial charge < -0.3 is 15.0 Å². The molecule has 1 aromatic heterocycles. The van der Waals surface area contributed by atoms with E-state index in [2.05, 4.69) is 17.4 Å². The number of aryl methyl sites for hydroxylation is 1. The Kier molecular flexibility index (Phi) is 4.40. The smallest absolute Gasteiger partial charge is 0.341 e. The number of carboxylic acids is 1. The van der Waals surface area contributed by atoms with E-state index in [0.29, 0.717) is 28.2 Å². The van der Waals surface area contributed by atoms with E-state index in [9.17, 15) is 14.7 Å². The highest BCUT2D eigenvalue weighted by molar-refractivity contribution is 6.34. The van der Waals surface area contributed by atoms with Crippen LogP contribution in [0.4, 0.5) is 5.69 Å². The number of rotatable bonds is 4. The first-order valence-electron chi connectivity index (χ1n) is 8.91. The van der Waals surface area contributed by atoms with Gasteiger partial charge in [-0.3, -0.25) is 4.79 Å². The first-order valence-corrected chi connectivity index (χ1v) is 9.29. The first-order chi connectivity index (χ1) is 13.0. The predicted molar refractivity (Wildman–Crippen MR) is 107 cm³/mol. The van der Waals surface area contributed by atoms with E-state index in [1.165, 1.54) is 17.3 Å². The van der Waals surface area contributed by atoms with Gasteiger partial charge >= 0.3 is 5.97 Å². The number of benzene rings is 2. The van der Waals surface area contributed by atoms with Crippen molar-refractivity contribution in [3.05, 3.63) is 74.5 Å². The third kappa shape index (κ3) is 3.08. The predicted octanol–water partition coefficient (Wildman–Crippen LogP) is 3.95. The molecule has 0 aliphatic heterocycles. The molecular formula is C21H19ClN2O3. The Hall–Kier alpha value is -2.79. The second-order valence-corrected chi connectivity index (χ2v) is 7.24. The molecule has 1 heterocycles. The van der Waals surface area contributed by atoms with Crippen LogP contribution in [0, 0.1) is 0 Å². The van der Waals surface area contributed by atoms with Crippen LogP contribution in [-0.4, -0.2) is 21.7 Å². The monoisotopic (exact) mass is 382 g/mol. The van der Waals surface area contributed by atoms with Crippen molar-refractivity contribution in [2.24, 2.45) is 0 Å². The number of pyridine rings is 1. The second kappa shape index (κ2) is 6.74. The normalized spacial score (nSPS) is 13.7. The summed E-state index contributed by atoms with van der Waals surface area (Å²) in [5.41, 5.74) is 3.20. The first kappa shape index (κ1) is 17.6. The molecule has 1 aliphatic rings. The van der Waals surface area contributed by atoms with Gasteiger partial charge in [-0.1, -0.05) is 35.9 Å². The molecule has 3 aromatic rings. The molecule has 2 N–H and O–H groups in total. The highest BCUT2D eigenvalue weighted by atomic mass is 35.5. The van der Waals surface area contributed by atoms with Gasteiger partial charge in [0.2, 0.25) is 5.43 Å². The van der Waals surface area contributed by atoms with Crippen LogP contribution in [0.15, 0.2) is 47.4 Å². The van der Waals surface area contributed by atoms with Crippen molar-refractivity contribution in [1.29, 1.82) is 0 Å². The van der Waals surface area contributed by atoms with Crippen LogP contribution in [0.3, 0.4) is 0 Å². The molecule has 0 bridgehead atoms. The number of aromatic carboxylic acids is 1. The van der Waals surface area contributed by atoms with Gasteiger partial charge in [-0.15, -0.1) is 0 Å². The van der Waals surface area contributed by atoms with Crippen molar-refractivity contribution < 1.29 is 9.90 Å². The summed E-state index contributed by atoms with van der Waals surface area (Å²) in [6, 6.07) is 11.9. The molecule has 0 spiro atoms. The van der Waals surface area contributed by atoms with Crippen molar-refractivity contribution in [2.45, 2.75) is 32.4 Å². The number of hydrogen-bond acceptors (Lipinski definition) is 3. The summed E-state index contributed by atoms with van der Waals surface area (Å²) in [6.45, 7) is 2.43. The summed E-state index contributed by atoms with van der Waals surface area (Å²) in [6.07, 6.45) is 3.15. The molecular weight excluding hydrogens is 364 g/mol. The van der Waals surface area contributed by atoms with Crippen LogP contribution >= 0.6 is 11.6 Å². The number of anilines is 1. The summed E-state index contributed by atoms with van der Waals surface area (Å²) in [7, 11) is 0. The lowest BCUT2D eigenvalue weighted by Crippen LogP contribution is -2.21. The zero-order chi connectivity index (χ0) is 19.1. The Morgan fingerprint density at radius 2 is 1.93 bits per heavy atom. The zero-order valence-electron chi connectivity index (χ0n) is 14.8. The molecule has 6 heteroatoms. The maximum Gasteiger partial charge on any atom is 0.341 e. The highest BCUT2D eigenvalue weighted by Crippen LogP contribution is 2.31. The maximum atomic E-state index is 12.7. The van der Waals surface area contributed by atoms with Crippen molar-refractivity contribution in [3.63, 3.8) is 0 Å². The van der Waals surface area contributed by atoms with E-state index in [-0.39, 0.29) is 11.6 Å². The van der Waals surface area contributed by atoms with E-state index in [0.717, 1.165) is 12.8 Å². The molecule has 0 saturated carbocycles. The van der Waals surface area contributed by atoms with Crippen LogP contribution < -0.4 is 10.7 Å². The molecule has 1 aliphatic carbocycles. The second-order valence-electron chi connectivity index (χ2n) is 6.83. The summed E-state index contributed by atoms with van der Waals surface area (Å²) in [5, 5.41) is 13.7. The summed E-state index contributed by atoms with van der Waals surface area (Å²) in [5.74, 6) is -1.22. The number of aromatic nitrogens is 1. The van der Waals surface area contributed by atoms with E-state index in [1.807, 2.05) is 19.1 Å². The fraction of sp³-hybridized carbons (Fsp3) is 0.238. The Morgan fingerprint density at radius 3 is 2.52 bits per heavy atom. The molecule has 138 valence electrons. The molecule has 0 fully saturated rings. The van der Waals surface area contributed by atoms with Crippen molar-refractivity contribution in [2.75, 3.05) is 5.32 Å². The lowest BCUT2D eigenvalue weighted by atomic mass is 10.1. The minimum atomic E-state index is -1.22. The Balaban J connectivity index is 1.76. The number of nitrogens with zero attached hydrogens (tertiary/aromatic N) is 1. The van der Waals surface area contributed by atoms with Crippen LogP contribution in [0.1, 0.15) is 28.4 Å². The maximum absolute atomic E-state index is 12.7. The fourth-order valence-corrected chi connectivity index (χ4v) is 4.03. The number of halogens is 1. The van der Waals surface area contributed by atoms with Gasteiger partial charge in [0.15, 0.2) is 0 Å². The Morgan fingerprint density at radius 1 is 1.26 bits per heavy atom. The summed E-state index contributed by atoms with van der Waals surface area (Å²) < 4.78 is 1.74. The van der Waals surface area contributed by atoms with Gasteiger partial charge in [-0.2, -0.15) is 0 Å². The molecule has 2 aromatic carbocycles. The van der Waals surface area contributed by atoms with Crippen molar-refractivity contribution in [3.8, 4) is 0 Å². The SMILES string of the molecule is CCn1cc(C(=O)O)c(=O)c2cc(NC3Cc4ccccc4C3)c(Cl)cc21. The minimum Gasteiger partial charge on any atom is -0.477 e. The third-order valence-electron chi connectivity index (χ3n) is 5.15. The highest BCUT2D eigenvalue weighted by Gasteiger charge is 2.22. The lowest BCUT2D eigenvalue weighted by Gasteiger charge is -2.17. The van der Waals surface area contributed by atoms with E-state index < -0.39 is 11.4 Å². The van der Waals surface area contributed by atoms with Gasteiger partial charge in [-0.05, 0) is 43.0 Å². The third-order valence-corrected chi connectivity index (χ3v) is 5.46. The largest absolute Gasteiger partial charge is 0.477 e. The molecule has 27 heavy (non-hydrogen) atoms. The fourth-order valence-electron chi connectivity index (χ4n) is 3.82. The molecule has 0 unspecified atom stereocenters. The van der Waals surface area contributed by atoms with E-state index >= 15 is 0 Å². The van der Waals surface area contributed by atoms with Gasteiger partial charge in [0, 0.05) is 24.2 Å². The van der Waals surface area contributed by atoms with Crippen LogP contribution in [0.2, 0.25) is 5.02 Å². The van der Waals surface area contributed by atoms with Gasteiger partial charge in [0.25, 0.3) is 0 Å². The quantitative estimate of drug-likeness (QED) is 0.716. The number of carbonyl (C=O) groups is 1. The molecule has 0 saturated heterocycles. The van der Waals surface area contributed by atoms with Crippen molar-refractivity contribution in [1.82, 2.24) is 4.57 Å². The number of nitrogens with one attached hydrogen (secondary N) is 1. The minimum absolute atomic E-state index is 0.188. The average Bonchev–Trinajstić information content (AvgIpc) is 3.05. The number of carboxylic acid groups (broad SMARTS) is 1. The Labute approximate surface area is 161 Å². The molecule has 0 amide bonds. The molecule has 4 rings (SSSR count). The number of fused-ring (bicyclic) bond motifs is 2. The lowest BCUT2D eigenvalue weighted by molar-refractivity contribution is 0.0695. The zero-order valence-corrected chi connectivity index (χ0v) is 15.6. The van der Waals surface area contributed by atoms with Gasteiger partial charge in [-0.25, -0.2) is 4.79 Å². The topological polar surface area (TPSA) is 71.3 Å². The molecule has 0 radical (unpaired) electrons.